The summed E-state index contributed by atoms with van der Waals surface area (Å²) in [4.78, 5) is 12.1. The minimum absolute atomic E-state index is 0.107. The lowest BCUT2D eigenvalue weighted by atomic mass is 10.0. The minimum Gasteiger partial charge on any atom is -0.372 e. The quantitative estimate of drug-likeness (QED) is 0.875. The Morgan fingerprint density at radius 3 is 2.65 bits per heavy atom. The van der Waals surface area contributed by atoms with Crippen LogP contribution < -0.4 is 10.6 Å². The molecule has 0 fully saturated rings. The maximum atomic E-state index is 12.1. The lowest BCUT2D eigenvalue weighted by Gasteiger charge is -2.27. The van der Waals surface area contributed by atoms with E-state index in [2.05, 4.69) is 16.7 Å². The third kappa shape index (κ3) is 2.21. The molecule has 1 amide bonds. The van der Waals surface area contributed by atoms with Crippen LogP contribution in [0, 0.1) is 11.3 Å². The number of nitrogens with one attached hydrogen (secondary N) is 2. The van der Waals surface area contributed by atoms with E-state index in [1.54, 1.807) is 12.1 Å². The maximum Gasteiger partial charge on any atom is 0.247 e. The topological polar surface area (TPSA) is 64.9 Å². The number of hydrogen-bond acceptors (Lipinski definition) is 3. The summed E-state index contributed by atoms with van der Waals surface area (Å²) >= 11 is 0. The standard InChI is InChI=1S/C16H13N3O/c17-10-12-7-4-8-13-15(12)19-16(20)14(18-13)9-11-5-2-1-3-6-11/h1-8,14,18H,9H2,(H,19,20). The lowest BCUT2D eigenvalue weighted by Crippen LogP contribution is -2.40. The number of nitriles is 1. The van der Waals surface area contributed by atoms with Crippen LogP contribution in [0.2, 0.25) is 0 Å². The van der Waals surface area contributed by atoms with Gasteiger partial charge in [0.05, 0.1) is 16.9 Å². The number of fused-ring (bicyclic) bond motifs is 1. The first-order valence-corrected chi connectivity index (χ1v) is 6.42. The molecule has 0 saturated heterocycles. The molecule has 0 radical (unpaired) electrons. The lowest BCUT2D eigenvalue weighted by molar-refractivity contribution is -0.117. The molecule has 0 aliphatic carbocycles. The van der Waals surface area contributed by atoms with E-state index in [9.17, 15) is 4.79 Å². The second-order valence-electron chi connectivity index (χ2n) is 4.72. The average Bonchev–Trinajstić information content (AvgIpc) is 2.48. The van der Waals surface area contributed by atoms with Crippen LogP contribution in [-0.2, 0) is 11.2 Å². The molecule has 0 bridgehead atoms. The van der Waals surface area contributed by atoms with Crippen molar-refractivity contribution in [3.05, 3.63) is 59.7 Å². The fraction of sp³-hybridized carbons (Fsp3) is 0.125. The minimum atomic E-state index is -0.321. The van der Waals surface area contributed by atoms with Crippen LogP contribution >= 0.6 is 0 Å². The summed E-state index contributed by atoms with van der Waals surface area (Å²) < 4.78 is 0. The Balaban J connectivity index is 1.87. The zero-order valence-corrected chi connectivity index (χ0v) is 10.8. The van der Waals surface area contributed by atoms with Gasteiger partial charge >= 0.3 is 0 Å². The Kier molecular flexibility index (Phi) is 3.10. The van der Waals surface area contributed by atoms with Gasteiger partial charge in [-0.3, -0.25) is 4.79 Å². The first-order valence-electron chi connectivity index (χ1n) is 6.42. The molecule has 0 aromatic heterocycles. The zero-order chi connectivity index (χ0) is 13.9. The van der Waals surface area contributed by atoms with Crippen molar-refractivity contribution in [1.29, 1.82) is 5.26 Å². The van der Waals surface area contributed by atoms with Gasteiger partial charge in [-0.25, -0.2) is 0 Å². The summed E-state index contributed by atoms with van der Waals surface area (Å²) in [7, 11) is 0. The summed E-state index contributed by atoms with van der Waals surface area (Å²) in [5.41, 5.74) is 2.94. The molecule has 20 heavy (non-hydrogen) atoms. The van der Waals surface area contributed by atoms with E-state index < -0.39 is 0 Å². The van der Waals surface area contributed by atoms with Crippen molar-refractivity contribution in [2.24, 2.45) is 0 Å². The zero-order valence-electron chi connectivity index (χ0n) is 10.8. The van der Waals surface area contributed by atoms with Crippen molar-refractivity contribution in [3.8, 4) is 6.07 Å². The second-order valence-corrected chi connectivity index (χ2v) is 4.72. The number of para-hydroxylation sites is 1. The van der Waals surface area contributed by atoms with Crippen LogP contribution in [0.3, 0.4) is 0 Å². The number of carbonyl (C=O) groups is 1. The van der Waals surface area contributed by atoms with Crippen LogP contribution in [0.15, 0.2) is 48.5 Å². The van der Waals surface area contributed by atoms with Crippen LogP contribution in [-0.4, -0.2) is 11.9 Å². The molecule has 4 nitrogen and oxygen atoms in total. The van der Waals surface area contributed by atoms with Crippen LogP contribution in [0.25, 0.3) is 0 Å². The first kappa shape index (κ1) is 12.2. The fourth-order valence-electron chi connectivity index (χ4n) is 2.36. The molecule has 2 aromatic carbocycles. The first-order chi connectivity index (χ1) is 9.78. The van der Waals surface area contributed by atoms with Crippen molar-refractivity contribution in [3.63, 3.8) is 0 Å². The average molecular weight is 263 g/mol. The van der Waals surface area contributed by atoms with Crippen molar-refractivity contribution in [1.82, 2.24) is 0 Å². The van der Waals surface area contributed by atoms with Gasteiger partial charge in [-0.05, 0) is 17.7 Å². The number of hydrogen-bond donors (Lipinski definition) is 2. The summed E-state index contributed by atoms with van der Waals surface area (Å²) in [6, 6.07) is 17.0. The summed E-state index contributed by atoms with van der Waals surface area (Å²) in [6.45, 7) is 0. The largest absolute Gasteiger partial charge is 0.372 e. The number of nitrogens with zero attached hydrogens (tertiary/aromatic N) is 1. The highest BCUT2D eigenvalue weighted by Crippen LogP contribution is 2.30. The van der Waals surface area contributed by atoms with Gasteiger partial charge < -0.3 is 10.6 Å². The predicted molar refractivity (Wildman–Crippen MR) is 77.3 cm³/mol. The Labute approximate surface area is 117 Å². The number of anilines is 2. The Morgan fingerprint density at radius 2 is 1.90 bits per heavy atom. The molecular formula is C16H13N3O. The monoisotopic (exact) mass is 263 g/mol. The van der Waals surface area contributed by atoms with Gasteiger partial charge in [-0.2, -0.15) is 5.26 Å². The van der Waals surface area contributed by atoms with Crippen LogP contribution in [0.1, 0.15) is 11.1 Å². The van der Waals surface area contributed by atoms with E-state index in [-0.39, 0.29) is 11.9 Å². The van der Waals surface area contributed by atoms with Gasteiger partial charge in [0, 0.05) is 6.42 Å². The van der Waals surface area contributed by atoms with Crippen LogP contribution in [0.4, 0.5) is 11.4 Å². The smallest absolute Gasteiger partial charge is 0.247 e. The summed E-state index contributed by atoms with van der Waals surface area (Å²) in [5.74, 6) is -0.107. The van der Waals surface area contributed by atoms with Crippen molar-refractivity contribution in [2.45, 2.75) is 12.5 Å². The Morgan fingerprint density at radius 1 is 1.10 bits per heavy atom. The highest BCUT2D eigenvalue weighted by molar-refractivity contribution is 6.04. The number of carbonyl (C=O) groups excluding carboxylic acids is 1. The van der Waals surface area contributed by atoms with Crippen molar-refractivity contribution >= 4 is 17.3 Å². The molecule has 3 rings (SSSR count). The SMILES string of the molecule is N#Cc1cccc2c1NC(=O)C(Cc1ccccc1)N2. The summed E-state index contributed by atoms with van der Waals surface area (Å²) in [6.07, 6.45) is 0.614. The van der Waals surface area contributed by atoms with E-state index in [1.165, 1.54) is 0 Å². The number of amides is 1. The molecule has 1 heterocycles. The van der Waals surface area contributed by atoms with Crippen molar-refractivity contribution < 1.29 is 4.79 Å². The van der Waals surface area contributed by atoms with E-state index >= 15 is 0 Å². The van der Waals surface area contributed by atoms with Gasteiger partial charge in [0.1, 0.15) is 12.1 Å². The van der Waals surface area contributed by atoms with Gasteiger partial charge in [0.15, 0.2) is 0 Å². The summed E-state index contributed by atoms with van der Waals surface area (Å²) in [5, 5.41) is 15.1. The molecule has 2 aromatic rings. The number of benzene rings is 2. The normalized spacial score (nSPS) is 16.6. The van der Waals surface area contributed by atoms with E-state index in [1.807, 2.05) is 36.4 Å². The molecule has 0 saturated carbocycles. The Hall–Kier alpha value is -2.80. The molecule has 1 unspecified atom stereocenters. The number of rotatable bonds is 2. The van der Waals surface area contributed by atoms with E-state index in [0.29, 0.717) is 17.7 Å². The van der Waals surface area contributed by atoms with Gasteiger partial charge in [-0.1, -0.05) is 36.4 Å². The molecule has 1 aliphatic heterocycles. The molecule has 2 N–H and O–H groups in total. The third-order valence-electron chi connectivity index (χ3n) is 3.36. The van der Waals surface area contributed by atoms with E-state index in [4.69, 9.17) is 5.26 Å². The van der Waals surface area contributed by atoms with E-state index in [0.717, 1.165) is 11.3 Å². The molecule has 0 spiro atoms. The highest BCUT2D eigenvalue weighted by atomic mass is 16.2. The maximum absolute atomic E-state index is 12.1. The van der Waals surface area contributed by atoms with Gasteiger partial charge in [0.2, 0.25) is 5.91 Å². The molecule has 1 aliphatic rings. The van der Waals surface area contributed by atoms with Crippen molar-refractivity contribution in [2.75, 3.05) is 10.6 Å². The molecule has 4 heteroatoms. The second kappa shape index (κ2) is 5.06. The molecular weight excluding hydrogens is 250 g/mol. The molecule has 1 atom stereocenters. The van der Waals surface area contributed by atoms with Gasteiger partial charge in [-0.15, -0.1) is 0 Å². The van der Waals surface area contributed by atoms with Crippen LogP contribution in [0.5, 0.6) is 0 Å². The molecule has 98 valence electrons. The van der Waals surface area contributed by atoms with Gasteiger partial charge in [0.25, 0.3) is 0 Å². The predicted octanol–water partition coefficient (Wildman–Crippen LogP) is 2.53. The fourth-order valence-corrected chi connectivity index (χ4v) is 2.36. The third-order valence-corrected chi connectivity index (χ3v) is 3.36. The Bertz CT molecular complexity index is 689. The highest BCUT2D eigenvalue weighted by Gasteiger charge is 2.26.